The Morgan fingerprint density at radius 1 is 1.26 bits per heavy atom. The molecule has 0 unspecified atom stereocenters. The summed E-state index contributed by atoms with van der Waals surface area (Å²) in [6, 6.07) is 0. The van der Waals surface area contributed by atoms with Gasteiger partial charge in [-0.25, -0.2) is 0 Å². The first-order chi connectivity index (χ1) is 9.03. The summed E-state index contributed by atoms with van der Waals surface area (Å²) in [6.45, 7) is 0. The van der Waals surface area contributed by atoms with Crippen LogP contribution in [0.2, 0.25) is 0 Å². The van der Waals surface area contributed by atoms with Gasteiger partial charge in [-0.2, -0.15) is 18.2 Å². The van der Waals surface area contributed by atoms with Crippen molar-refractivity contribution in [3.8, 4) is 11.7 Å². The molecule has 0 saturated carbocycles. The Balaban J connectivity index is 1.77. The Bertz CT molecular complexity index is 586. The maximum Gasteiger partial charge on any atom is 0.389 e. The van der Waals surface area contributed by atoms with E-state index in [0.29, 0.717) is 5.76 Å². The number of rotatable bonds is 3. The quantitative estimate of drug-likeness (QED) is 0.860. The summed E-state index contributed by atoms with van der Waals surface area (Å²) in [4.78, 5) is 3.96. The van der Waals surface area contributed by atoms with Gasteiger partial charge in [-0.3, -0.25) is 0 Å². The highest BCUT2D eigenvalue weighted by molar-refractivity contribution is 5.55. The van der Waals surface area contributed by atoms with Crippen molar-refractivity contribution < 1.29 is 22.1 Å². The molecule has 0 aliphatic heterocycles. The summed E-state index contributed by atoms with van der Waals surface area (Å²) in [5.41, 5.74) is 2.15. The first kappa shape index (κ1) is 12.3. The van der Waals surface area contributed by atoms with E-state index in [2.05, 4.69) is 10.1 Å². The zero-order valence-electron chi connectivity index (χ0n) is 9.96. The van der Waals surface area contributed by atoms with Gasteiger partial charge in [0.2, 0.25) is 0 Å². The molecule has 0 radical (unpaired) electrons. The molecule has 1 aliphatic rings. The third kappa shape index (κ3) is 2.50. The van der Waals surface area contributed by atoms with Crippen LogP contribution in [0.15, 0.2) is 15.2 Å². The average Bonchev–Trinajstić information content (AvgIpc) is 3.01. The van der Waals surface area contributed by atoms with Gasteiger partial charge in [0.15, 0.2) is 11.6 Å². The zero-order chi connectivity index (χ0) is 13.5. The number of hydrogen-bond donors (Lipinski definition) is 0. The molecule has 19 heavy (non-hydrogen) atoms. The van der Waals surface area contributed by atoms with E-state index in [1.807, 2.05) is 0 Å². The Kier molecular flexibility index (Phi) is 2.83. The molecule has 0 N–H and O–H groups in total. The molecule has 0 spiro atoms. The molecular formula is C12H11F3N2O2. The van der Waals surface area contributed by atoms with Crippen LogP contribution >= 0.6 is 0 Å². The van der Waals surface area contributed by atoms with Gasteiger partial charge in [-0.15, -0.1) is 0 Å². The summed E-state index contributed by atoms with van der Waals surface area (Å²) < 4.78 is 46.6. The van der Waals surface area contributed by atoms with Gasteiger partial charge in [0.05, 0.1) is 12.7 Å². The predicted molar refractivity (Wildman–Crippen MR) is 58.4 cm³/mol. The summed E-state index contributed by atoms with van der Waals surface area (Å²) >= 11 is 0. The van der Waals surface area contributed by atoms with Gasteiger partial charge in [0, 0.05) is 12.0 Å². The molecule has 0 fully saturated rings. The van der Waals surface area contributed by atoms with E-state index in [-0.39, 0.29) is 18.1 Å². The van der Waals surface area contributed by atoms with Crippen molar-refractivity contribution in [2.24, 2.45) is 0 Å². The molecule has 0 bridgehead atoms. The smallest absolute Gasteiger partial charge is 0.389 e. The fourth-order valence-corrected chi connectivity index (χ4v) is 2.24. The van der Waals surface area contributed by atoms with Crippen LogP contribution in [0.1, 0.15) is 29.8 Å². The highest BCUT2D eigenvalue weighted by atomic mass is 19.4. The predicted octanol–water partition coefficient (Wildman–Crippen LogP) is 3.31. The van der Waals surface area contributed by atoms with Gasteiger partial charge in [-0.1, -0.05) is 5.16 Å². The number of aryl methyl sites for hydroxylation is 2. The first-order valence-electron chi connectivity index (χ1n) is 6.02. The Hall–Kier alpha value is -1.79. The Morgan fingerprint density at radius 3 is 2.89 bits per heavy atom. The third-order valence-corrected chi connectivity index (χ3v) is 3.15. The van der Waals surface area contributed by atoms with Crippen LogP contribution in [0.4, 0.5) is 13.2 Å². The molecule has 4 nitrogen and oxygen atoms in total. The van der Waals surface area contributed by atoms with Gasteiger partial charge >= 0.3 is 6.18 Å². The number of nitrogens with zero attached hydrogens (tertiary/aromatic N) is 2. The van der Waals surface area contributed by atoms with Crippen molar-refractivity contribution in [2.45, 2.75) is 38.3 Å². The minimum Gasteiger partial charge on any atom is -0.459 e. The largest absolute Gasteiger partial charge is 0.459 e. The molecule has 2 aromatic rings. The average molecular weight is 272 g/mol. The fraction of sp³-hybridized carbons (Fsp3) is 0.500. The second kappa shape index (κ2) is 4.40. The normalized spacial score (nSPS) is 14.9. The van der Waals surface area contributed by atoms with Crippen LogP contribution in [-0.2, 0) is 19.3 Å². The van der Waals surface area contributed by atoms with Crippen molar-refractivity contribution in [3.63, 3.8) is 0 Å². The van der Waals surface area contributed by atoms with Gasteiger partial charge in [0.25, 0.3) is 5.89 Å². The molecule has 1 aliphatic carbocycles. The number of halogens is 3. The van der Waals surface area contributed by atoms with Crippen molar-refractivity contribution in [1.29, 1.82) is 0 Å². The summed E-state index contributed by atoms with van der Waals surface area (Å²) in [6.07, 6.45) is -0.930. The Labute approximate surface area is 106 Å². The van der Waals surface area contributed by atoms with Crippen LogP contribution in [0, 0.1) is 0 Å². The van der Waals surface area contributed by atoms with Gasteiger partial charge in [0.1, 0.15) is 0 Å². The van der Waals surface area contributed by atoms with Crippen LogP contribution in [0.5, 0.6) is 0 Å². The molecule has 2 aromatic heterocycles. The van der Waals surface area contributed by atoms with Crippen molar-refractivity contribution in [2.75, 3.05) is 0 Å². The monoisotopic (exact) mass is 272 g/mol. The molecular weight excluding hydrogens is 261 g/mol. The van der Waals surface area contributed by atoms with E-state index >= 15 is 0 Å². The lowest BCUT2D eigenvalue weighted by molar-refractivity contribution is -0.134. The lowest BCUT2D eigenvalue weighted by Crippen LogP contribution is -2.09. The lowest BCUT2D eigenvalue weighted by Gasteiger charge is -2.01. The van der Waals surface area contributed by atoms with E-state index in [9.17, 15) is 13.2 Å². The SMILES string of the molecule is FC(F)(F)CCc1noc(-c2occ3c2CCC3)n1. The minimum absolute atomic E-state index is 0.0514. The second-order valence-corrected chi connectivity index (χ2v) is 4.55. The highest BCUT2D eigenvalue weighted by Gasteiger charge is 2.28. The standard InChI is InChI=1S/C12H11F3N2O2/c13-12(14,15)5-4-9-16-11(19-17-9)10-8-3-1-2-7(8)6-18-10/h6H,1-5H2. The molecule has 0 saturated heterocycles. The maximum absolute atomic E-state index is 12.1. The topological polar surface area (TPSA) is 52.1 Å². The van der Waals surface area contributed by atoms with Crippen LogP contribution in [0.25, 0.3) is 11.7 Å². The summed E-state index contributed by atoms with van der Waals surface area (Å²) in [7, 11) is 0. The van der Waals surface area contributed by atoms with Crippen LogP contribution in [0.3, 0.4) is 0 Å². The van der Waals surface area contributed by atoms with Crippen molar-refractivity contribution in [3.05, 3.63) is 23.2 Å². The summed E-state index contributed by atoms with van der Waals surface area (Å²) in [5, 5.41) is 3.55. The molecule has 0 amide bonds. The van der Waals surface area contributed by atoms with Gasteiger partial charge < -0.3 is 8.94 Å². The third-order valence-electron chi connectivity index (χ3n) is 3.15. The number of fused-ring (bicyclic) bond motifs is 1. The molecule has 0 aromatic carbocycles. The van der Waals surface area contributed by atoms with E-state index in [4.69, 9.17) is 8.94 Å². The molecule has 7 heteroatoms. The van der Waals surface area contributed by atoms with E-state index in [1.165, 1.54) is 0 Å². The fourth-order valence-electron chi connectivity index (χ4n) is 2.24. The lowest BCUT2D eigenvalue weighted by atomic mass is 10.2. The highest BCUT2D eigenvalue weighted by Crippen LogP contribution is 2.33. The maximum atomic E-state index is 12.1. The molecule has 3 rings (SSSR count). The van der Waals surface area contributed by atoms with E-state index < -0.39 is 12.6 Å². The van der Waals surface area contributed by atoms with Crippen LogP contribution in [-0.4, -0.2) is 16.3 Å². The molecule has 2 heterocycles. The zero-order valence-corrected chi connectivity index (χ0v) is 9.96. The number of hydrogen-bond acceptors (Lipinski definition) is 4. The van der Waals surface area contributed by atoms with Crippen molar-refractivity contribution in [1.82, 2.24) is 10.1 Å². The number of alkyl halides is 3. The molecule has 0 atom stereocenters. The van der Waals surface area contributed by atoms with Crippen LogP contribution < -0.4 is 0 Å². The first-order valence-corrected chi connectivity index (χ1v) is 6.02. The minimum atomic E-state index is -4.22. The van der Waals surface area contributed by atoms with Gasteiger partial charge in [-0.05, 0) is 24.8 Å². The number of aromatic nitrogens is 2. The second-order valence-electron chi connectivity index (χ2n) is 4.55. The van der Waals surface area contributed by atoms with E-state index in [1.54, 1.807) is 6.26 Å². The summed E-state index contributed by atoms with van der Waals surface area (Å²) in [5.74, 6) is 0.717. The Morgan fingerprint density at radius 2 is 2.11 bits per heavy atom. The molecule has 102 valence electrons. The number of furan rings is 1. The van der Waals surface area contributed by atoms with Crippen molar-refractivity contribution >= 4 is 0 Å². The van der Waals surface area contributed by atoms with E-state index in [0.717, 1.165) is 30.4 Å².